The molecule has 3 aliphatic rings. The van der Waals surface area contributed by atoms with Gasteiger partial charge in [0.05, 0.1) is 17.0 Å². The van der Waals surface area contributed by atoms with Crippen molar-refractivity contribution in [2.45, 2.75) is 31.6 Å². The molecule has 126 valence electrons. The first kappa shape index (κ1) is 14.6. The number of hydrogen-bond donors (Lipinski definition) is 0. The summed E-state index contributed by atoms with van der Waals surface area (Å²) in [7, 11) is -2.80. The highest BCUT2D eigenvalue weighted by atomic mass is 32.2. The molecule has 2 aliphatic heterocycles. The first-order valence-corrected chi connectivity index (χ1v) is 10.6. The Morgan fingerprint density at radius 3 is 2.46 bits per heavy atom. The van der Waals surface area contributed by atoms with Gasteiger partial charge in [-0.3, -0.25) is 0 Å². The van der Waals surface area contributed by atoms with Gasteiger partial charge < -0.3 is 4.90 Å². The average molecular weight is 343 g/mol. The largest absolute Gasteiger partial charge is 0.355 e. The fourth-order valence-electron chi connectivity index (χ4n) is 4.04. The van der Waals surface area contributed by atoms with Crippen molar-refractivity contribution in [3.05, 3.63) is 30.1 Å². The molecule has 24 heavy (non-hydrogen) atoms. The third-order valence-corrected chi connectivity index (χ3v) is 7.43. The zero-order chi connectivity index (χ0) is 16.4. The lowest BCUT2D eigenvalue weighted by Crippen LogP contribution is -2.59. The van der Waals surface area contributed by atoms with E-state index in [1.165, 1.54) is 12.8 Å². The van der Waals surface area contributed by atoms with E-state index in [9.17, 15) is 8.42 Å². The van der Waals surface area contributed by atoms with E-state index in [1.807, 2.05) is 12.1 Å². The Bertz CT molecular complexity index is 899. The van der Waals surface area contributed by atoms with Gasteiger partial charge in [-0.1, -0.05) is 12.1 Å². The molecule has 0 radical (unpaired) electrons. The Kier molecular flexibility index (Phi) is 2.99. The summed E-state index contributed by atoms with van der Waals surface area (Å²) < 4.78 is 23.4. The molecule has 1 spiro atoms. The molecule has 0 N–H and O–H groups in total. The van der Waals surface area contributed by atoms with Crippen molar-refractivity contribution in [2.24, 2.45) is 5.41 Å². The monoisotopic (exact) mass is 343 g/mol. The Labute approximate surface area is 142 Å². The second-order valence-corrected chi connectivity index (χ2v) is 10.0. The molecule has 1 aliphatic carbocycles. The Morgan fingerprint density at radius 1 is 1.04 bits per heavy atom. The quantitative estimate of drug-likeness (QED) is 0.838. The van der Waals surface area contributed by atoms with E-state index < -0.39 is 9.84 Å². The highest BCUT2D eigenvalue weighted by molar-refractivity contribution is 7.91. The summed E-state index contributed by atoms with van der Waals surface area (Å²) in [6, 6.07) is 8.22. The molecular formula is C18H21N3O2S. The first-order valence-electron chi connectivity index (χ1n) is 8.76. The molecule has 0 atom stereocenters. The first-order chi connectivity index (χ1) is 11.5. The number of nitrogens with zero attached hydrogens (tertiary/aromatic N) is 3. The SMILES string of the molecule is O=S1(=O)CCC2(CC1)CN(c1nc(C3CC3)nc3ccccc13)C2. The van der Waals surface area contributed by atoms with Crippen molar-refractivity contribution in [3.8, 4) is 0 Å². The van der Waals surface area contributed by atoms with E-state index in [2.05, 4.69) is 17.0 Å². The number of hydrogen-bond acceptors (Lipinski definition) is 5. The molecule has 1 saturated carbocycles. The summed E-state index contributed by atoms with van der Waals surface area (Å²) in [4.78, 5) is 12.0. The minimum absolute atomic E-state index is 0.178. The molecule has 2 aromatic rings. The third-order valence-electron chi connectivity index (χ3n) is 5.78. The van der Waals surface area contributed by atoms with E-state index in [0.29, 0.717) is 17.4 Å². The lowest BCUT2D eigenvalue weighted by Gasteiger charge is -2.53. The van der Waals surface area contributed by atoms with Gasteiger partial charge in [-0.25, -0.2) is 18.4 Å². The van der Waals surface area contributed by atoms with Crippen LogP contribution in [0.2, 0.25) is 0 Å². The Balaban J connectivity index is 1.46. The van der Waals surface area contributed by atoms with Crippen molar-refractivity contribution >= 4 is 26.6 Å². The fraction of sp³-hybridized carbons (Fsp3) is 0.556. The second-order valence-electron chi connectivity index (χ2n) is 7.70. The highest BCUT2D eigenvalue weighted by Crippen LogP contribution is 2.45. The van der Waals surface area contributed by atoms with Crippen LogP contribution in [0.25, 0.3) is 10.9 Å². The van der Waals surface area contributed by atoms with Gasteiger partial charge in [0, 0.05) is 29.8 Å². The Hall–Kier alpha value is -1.69. The summed E-state index contributed by atoms with van der Waals surface area (Å²) in [5, 5.41) is 1.11. The Morgan fingerprint density at radius 2 is 1.75 bits per heavy atom. The maximum Gasteiger partial charge on any atom is 0.150 e. The van der Waals surface area contributed by atoms with Crippen molar-refractivity contribution in [1.82, 2.24) is 9.97 Å². The molecule has 0 amide bonds. The van der Waals surface area contributed by atoms with Crippen LogP contribution in [0.5, 0.6) is 0 Å². The number of fused-ring (bicyclic) bond motifs is 1. The van der Waals surface area contributed by atoms with Gasteiger partial charge in [0.15, 0.2) is 0 Å². The van der Waals surface area contributed by atoms with Crippen LogP contribution in [-0.4, -0.2) is 43.0 Å². The molecule has 1 aromatic heterocycles. The molecule has 0 unspecified atom stereocenters. The standard InChI is InChI=1S/C18H21N3O2S/c22-24(23)9-7-18(8-10-24)11-21(12-18)17-14-3-1-2-4-15(14)19-16(20-17)13-5-6-13/h1-4,13H,5-12H2. The number of para-hydroxylation sites is 1. The summed E-state index contributed by atoms with van der Waals surface area (Å²) in [5.41, 5.74) is 1.20. The topological polar surface area (TPSA) is 63.2 Å². The van der Waals surface area contributed by atoms with Gasteiger partial charge in [0.2, 0.25) is 0 Å². The molecular weight excluding hydrogens is 322 g/mol. The molecule has 3 heterocycles. The smallest absolute Gasteiger partial charge is 0.150 e. The van der Waals surface area contributed by atoms with E-state index >= 15 is 0 Å². The zero-order valence-electron chi connectivity index (χ0n) is 13.6. The van der Waals surface area contributed by atoms with Crippen molar-refractivity contribution in [1.29, 1.82) is 0 Å². The number of sulfone groups is 1. The van der Waals surface area contributed by atoms with Gasteiger partial charge >= 0.3 is 0 Å². The second kappa shape index (κ2) is 4.91. The lowest BCUT2D eigenvalue weighted by molar-refractivity contribution is 0.189. The van der Waals surface area contributed by atoms with Gasteiger partial charge in [0.1, 0.15) is 21.5 Å². The van der Waals surface area contributed by atoms with Crippen LogP contribution in [0, 0.1) is 5.41 Å². The van der Waals surface area contributed by atoms with Crippen molar-refractivity contribution < 1.29 is 8.42 Å². The number of rotatable bonds is 2. The zero-order valence-corrected chi connectivity index (χ0v) is 14.4. The van der Waals surface area contributed by atoms with E-state index in [4.69, 9.17) is 9.97 Å². The molecule has 3 fully saturated rings. The van der Waals surface area contributed by atoms with Crippen LogP contribution >= 0.6 is 0 Å². The fourth-order valence-corrected chi connectivity index (χ4v) is 5.74. The van der Waals surface area contributed by atoms with Crippen molar-refractivity contribution in [2.75, 3.05) is 29.5 Å². The van der Waals surface area contributed by atoms with Crippen LogP contribution < -0.4 is 4.90 Å². The van der Waals surface area contributed by atoms with Crippen LogP contribution in [0.4, 0.5) is 5.82 Å². The van der Waals surface area contributed by atoms with Crippen LogP contribution in [0.3, 0.4) is 0 Å². The summed E-state index contributed by atoms with van der Waals surface area (Å²) in [6.45, 7) is 1.85. The maximum absolute atomic E-state index is 11.7. The van der Waals surface area contributed by atoms with Gasteiger partial charge in [-0.05, 0) is 37.8 Å². The maximum atomic E-state index is 11.7. The molecule has 5 nitrogen and oxygen atoms in total. The minimum Gasteiger partial charge on any atom is -0.355 e. The highest BCUT2D eigenvalue weighted by Gasteiger charge is 2.47. The summed E-state index contributed by atoms with van der Waals surface area (Å²) in [6.07, 6.45) is 3.98. The molecule has 1 aromatic carbocycles. The van der Waals surface area contributed by atoms with Crippen molar-refractivity contribution in [3.63, 3.8) is 0 Å². The third kappa shape index (κ3) is 2.39. The summed E-state index contributed by atoms with van der Waals surface area (Å²) in [5.74, 6) is 3.25. The normalized spacial score (nSPS) is 24.9. The molecule has 5 rings (SSSR count). The number of anilines is 1. The average Bonchev–Trinajstić information content (AvgIpc) is 3.37. The molecule has 6 heteroatoms. The number of aromatic nitrogens is 2. The molecule has 0 bridgehead atoms. The summed E-state index contributed by atoms with van der Waals surface area (Å²) >= 11 is 0. The van der Waals surface area contributed by atoms with Crippen LogP contribution in [0.15, 0.2) is 24.3 Å². The molecule has 2 saturated heterocycles. The van der Waals surface area contributed by atoms with Crippen LogP contribution in [-0.2, 0) is 9.84 Å². The van der Waals surface area contributed by atoms with Gasteiger partial charge in [0.25, 0.3) is 0 Å². The lowest BCUT2D eigenvalue weighted by atomic mass is 9.74. The van der Waals surface area contributed by atoms with E-state index in [-0.39, 0.29) is 5.41 Å². The van der Waals surface area contributed by atoms with Crippen LogP contribution in [0.1, 0.15) is 37.4 Å². The van der Waals surface area contributed by atoms with E-state index in [0.717, 1.165) is 48.5 Å². The predicted molar refractivity (Wildman–Crippen MR) is 94.0 cm³/mol. The van der Waals surface area contributed by atoms with E-state index in [1.54, 1.807) is 0 Å². The van der Waals surface area contributed by atoms with Gasteiger partial charge in [-0.2, -0.15) is 0 Å². The predicted octanol–water partition coefficient (Wildman–Crippen LogP) is 2.52. The number of benzene rings is 1. The van der Waals surface area contributed by atoms with Gasteiger partial charge in [-0.15, -0.1) is 0 Å². The minimum atomic E-state index is -2.80.